The summed E-state index contributed by atoms with van der Waals surface area (Å²) in [6, 6.07) is 12.3. The van der Waals surface area contributed by atoms with Gasteiger partial charge in [0.2, 0.25) is 5.95 Å². The van der Waals surface area contributed by atoms with E-state index in [0.717, 1.165) is 17.5 Å². The highest BCUT2D eigenvalue weighted by Gasteiger charge is 2.06. The molecule has 1 heterocycles. The van der Waals surface area contributed by atoms with Gasteiger partial charge in [0, 0.05) is 18.0 Å². The Kier molecular flexibility index (Phi) is 5.26. The first-order valence-electron chi connectivity index (χ1n) is 8.08. The third kappa shape index (κ3) is 4.66. The van der Waals surface area contributed by atoms with Gasteiger partial charge in [0.25, 0.3) is 0 Å². The fourth-order valence-electron chi connectivity index (χ4n) is 2.24. The number of halogens is 2. The number of nitrogens with one attached hydrogen (secondary N) is 2. The Balaban J connectivity index is 1.71. The van der Waals surface area contributed by atoms with E-state index in [1.165, 1.54) is 18.3 Å². The molecular weight excluding hydrogens is 338 g/mol. The van der Waals surface area contributed by atoms with Crippen molar-refractivity contribution < 1.29 is 13.5 Å². The summed E-state index contributed by atoms with van der Waals surface area (Å²) in [6.45, 7) is 3.92. The Bertz CT molecular complexity index is 885. The zero-order valence-corrected chi connectivity index (χ0v) is 14.3. The molecule has 0 saturated heterocycles. The molecule has 0 radical (unpaired) electrons. The second kappa shape index (κ2) is 7.77. The second-order valence-electron chi connectivity index (χ2n) is 5.83. The van der Waals surface area contributed by atoms with Crippen molar-refractivity contribution in [3.63, 3.8) is 0 Å². The maximum absolute atomic E-state index is 13.7. The zero-order valence-electron chi connectivity index (χ0n) is 14.3. The third-order valence-corrected chi connectivity index (χ3v) is 3.33. The van der Waals surface area contributed by atoms with Crippen molar-refractivity contribution in [2.75, 3.05) is 10.6 Å². The van der Waals surface area contributed by atoms with E-state index >= 15 is 0 Å². The average Bonchev–Trinajstić information content (AvgIpc) is 2.59. The molecule has 2 aromatic carbocycles. The predicted octanol–water partition coefficient (Wildman–Crippen LogP) is 5.03. The van der Waals surface area contributed by atoms with Crippen molar-refractivity contribution in [3.8, 4) is 5.75 Å². The minimum Gasteiger partial charge on any atom is -0.491 e. The van der Waals surface area contributed by atoms with E-state index in [2.05, 4.69) is 20.6 Å². The lowest BCUT2D eigenvalue weighted by atomic mass is 10.3. The zero-order chi connectivity index (χ0) is 18.5. The highest BCUT2D eigenvalue weighted by molar-refractivity contribution is 5.60. The van der Waals surface area contributed by atoms with Gasteiger partial charge in [-0.25, -0.2) is 13.8 Å². The standard InChI is InChI=1S/C19H18F2N4O/c1-12(2)26-15-6-4-14(5-7-15)23-19-22-10-9-18(25-19)24-17-8-3-13(20)11-16(17)21/h3-12H,1-2H3,(H2,22,23,24,25). The normalized spacial score (nSPS) is 10.7. The molecule has 134 valence electrons. The lowest BCUT2D eigenvalue weighted by Gasteiger charge is -2.11. The Morgan fingerprint density at radius 2 is 1.73 bits per heavy atom. The van der Waals surface area contributed by atoms with E-state index in [9.17, 15) is 8.78 Å². The molecule has 1 aromatic heterocycles. The number of benzene rings is 2. The summed E-state index contributed by atoms with van der Waals surface area (Å²) in [4.78, 5) is 8.41. The molecule has 0 fully saturated rings. The molecule has 3 rings (SSSR count). The van der Waals surface area contributed by atoms with E-state index in [-0.39, 0.29) is 11.8 Å². The van der Waals surface area contributed by atoms with E-state index in [1.54, 1.807) is 6.07 Å². The molecule has 0 saturated carbocycles. The van der Waals surface area contributed by atoms with Gasteiger partial charge in [0.1, 0.15) is 23.2 Å². The maximum Gasteiger partial charge on any atom is 0.229 e. The summed E-state index contributed by atoms with van der Waals surface area (Å²) in [5.74, 6) is 0.165. The molecule has 0 aliphatic heterocycles. The van der Waals surface area contributed by atoms with Crippen molar-refractivity contribution in [3.05, 3.63) is 66.4 Å². The number of anilines is 4. The van der Waals surface area contributed by atoms with Crippen molar-refractivity contribution in [1.29, 1.82) is 0 Å². The number of rotatable bonds is 6. The Morgan fingerprint density at radius 1 is 0.962 bits per heavy atom. The van der Waals surface area contributed by atoms with Crippen LogP contribution in [0.2, 0.25) is 0 Å². The van der Waals surface area contributed by atoms with Gasteiger partial charge in [-0.3, -0.25) is 0 Å². The van der Waals surface area contributed by atoms with Gasteiger partial charge in [-0.15, -0.1) is 0 Å². The van der Waals surface area contributed by atoms with Gasteiger partial charge in [0.15, 0.2) is 0 Å². The van der Waals surface area contributed by atoms with Crippen LogP contribution in [0.4, 0.5) is 31.9 Å². The lowest BCUT2D eigenvalue weighted by molar-refractivity contribution is 0.242. The SMILES string of the molecule is CC(C)Oc1ccc(Nc2nccc(Nc3ccc(F)cc3F)n2)cc1. The minimum absolute atomic E-state index is 0.103. The fraction of sp³-hybridized carbons (Fsp3) is 0.158. The summed E-state index contributed by atoms with van der Waals surface area (Å²) in [5, 5.41) is 5.87. The summed E-state index contributed by atoms with van der Waals surface area (Å²) in [5.41, 5.74) is 0.914. The molecule has 0 bridgehead atoms. The summed E-state index contributed by atoms with van der Waals surface area (Å²) < 4.78 is 32.3. The van der Waals surface area contributed by atoms with Crippen LogP contribution < -0.4 is 15.4 Å². The van der Waals surface area contributed by atoms with Crippen LogP contribution in [0.15, 0.2) is 54.7 Å². The molecule has 0 atom stereocenters. The Morgan fingerprint density at radius 3 is 2.42 bits per heavy atom. The number of hydrogen-bond donors (Lipinski definition) is 2. The van der Waals surface area contributed by atoms with Crippen LogP contribution in [0.1, 0.15) is 13.8 Å². The third-order valence-electron chi connectivity index (χ3n) is 3.33. The first kappa shape index (κ1) is 17.6. The first-order valence-corrected chi connectivity index (χ1v) is 8.08. The average molecular weight is 356 g/mol. The predicted molar refractivity (Wildman–Crippen MR) is 97.2 cm³/mol. The van der Waals surface area contributed by atoms with Gasteiger partial charge in [-0.2, -0.15) is 4.98 Å². The lowest BCUT2D eigenvalue weighted by Crippen LogP contribution is -2.05. The number of hydrogen-bond acceptors (Lipinski definition) is 5. The molecule has 5 nitrogen and oxygen atoms in total. The molecule has 0 amide bonds. The van der Waals surface area contributed by atoms with Crippen molar-refractivity contribution in [2.24, 2.45) is 0 Å². The van der Waals surface area contributed by atoms with Crippen LogP contribution in [0.3, 0.4) is 0 Å². The van der Waals surface area contributed by atoms with Crippen LogP contribution in [0.25, 0.3) is 0 Å². The molecule has 0 spiro atoms. The van der Waals surface area contributed by atoms with Crippen molar-refractivity contribution >= 4 is 23.1 Å². The molecular formula is C19H18F2N4O. The smallest absolute Gasteiger partial charge is 0.229 e. The van der Waals surface area contributed by atoms with Crippen molar-refractivity contribution in [1.82, 2.24) is 9.97 Å². The Labute approximate surface area is 150 Å². The van der Waals surface area contributed by atoms with E-state index < -0.39 is 11.6 Å². The van der Waals surface area contributed by atoms with E-state index in [0.29, 0.717) is 11.8 Å². The maximum atomic E-state index is 13.7. The van der Waals surface area contributed by atoms with Crippen LogP contribution in [0, 0.1) is 11.6 Å². The summed E-state index contributed by atoms with van der Waals surface area (Å²) in [7, 11) is 0. The van der Waals surface area contributed by atoms with E-state index in [4.69, 9.17) is 4.74 Å². The fourth-order valence-corrected chi connectivity index (χ4v) is 2.24. The van der Waals surface area contributed by atoms with Crippen LogP contribution in [-0.4, -0.2) is 16.1 Å². The van der Waals surface area contributed by atoms with Gasteiger partial charge >= 0.3 is 0 Å². The monoisotopic (exact) mass is 356 g/mol. The molecule has 2 N–H and O–H groups in total. The molecule has 7 heteroatoms. The Hall–Kier alpha value is -3.22. The molecule has 0 aliphatic rings. The van der Waals surface area contributed by atoms with E-state index in [1.807, 2.05) is 38.1 Å². The highest BCUT2D eigenvalue weighted by atomic mass is 19.1. The molecule has 26 heavy (non-hydrogen) atoms. The van der Waals surface area contributed by atoms with Crippen LogP contribution >= 0.6 is 0 Å². The summed E-state index contributed by atoms with van der Waals surface area (Å²) >= 11 is 0. The topological polar surface area (TPSA) is 59.1 Å². The first-order chi connectivity index (χ1) is 12.5. The van der Waals surface area contributed by atoms with Crippen LogP contribution in [-0.2, 0) is 0 Å². The number of nitrogens with zero attached hydrogens (tertiary/aromatic N) is 2. The van der Waals surface area contributed by atoms with Gasteiger partial charge in [0.05, 0.1) is 11.8 Å². The molecule has 0 unspecified atom stereocenters. The summed E-state index contributed by atoms with van der Waals surface area (Å²) in [6.07, 6.45) is 1.64. The minimum atomic E-state index is -0.695. The molecule has 0 aliphatic carbocycles. The quantitative estimate of drug-likeness (QED) is 0.649. The van der Waals surface area contributed by atoms with Gasteiger partial charge < -0.3 is 15.4 Å². The molecule has 3 aromatic rings. The van der Waals surface area contributed by atoms with Crippen LogP contribution in [0.5, 0.6) is 5.75 Å². The largest absolute Gasteiger partial charge is 0.491 e. The second-order valence-corrected chi connectivity index (χ2v) is 5.83. The number of aromatic nitrogens is 2. The van der Waals surface area contributed by atoms with Crippen molar-refractivity contribution in [2.45, 2.75) is 20.0 Å². The van der Waals surface area contributed by atoms with Gasteiger partial charge in [-0.1, -0.05) is 0 Å². The highest BCUT2D eigenvalue weighted by Crippen LogP contribution is 2.22. The number of ether oxygens (including phenoxy) is 1. The van der Waals surface area contributed by atoms with Gasteiger partial charge in [-0.05, 0) is 56.3 Å².